The molecule has 8 nitrogen and oxygen atoms in total. The van der Waals surface area contributed by atoms with E-state index in [-0.39, 0.29) is 12.1 Å². The first-order chi connectivity index (χ1) is 14.4. The van der Waals surface area contributed by atoms with Crippen LogP contribution in [0, 0.1) is 6.92 Å². The number of nitrogens with one attached hydrogen (secondary N) is 3. The van der Waals surface area contributed by atoms with Crippen molar-refractivity contribution in [2.75, 3.05) is 36.2 Å². The summed E-state index contributed by atoms with van der Waals surface area (Å²) in [5.74, 6) is 3.18. The van der Waals surface area contributed by atoms with E-state index < -0.39 is 0 Å². The molecule has 162 valence electrons. The normalized spacial score (nSPS) is 18.4. The van der Waals surface area contributed by atoms with E-state index in [9.17, 15) is 4.79 Å². The molecule has 3 N–H and O–H groups in total. The summed E-state index contributed by atoms with van der Waals surface area (Å²) in [6.45, 7) is 4.38. The second-order valence-electron chi connectivity index (χ2n) is 7.77. The van der Waals surface area contributed by atoms with Crippen LogP contribution in [0.4, 0.5) is 22.1 Å². The third kappa shape index (κ3) is 5.98. The summed E-state index contributed by atoms with van der Waals surface area (Å²) in [6.07, 6.45) is 3.78. The highest BCUT2D eigenvalue weighted by molar-refractivity contribution is 5.91. The molecule has 0 saturated heterocycles. The minimum Gasteiger partial charge on any atom is -0.492 e. The zero-order valence-corrected chi connectivity index (χ0v) is 18.2. The van der Waals surface area contributed by atoms with Crippen LogP contribution in [0.2, 0.25) is 0 Å². The van der Waals surface area contributed by atoms with Crippen molar-refractivity contribution in [3.8, 4) is 5.75 Å². The second-order valence-corrected chi connectivity index (χ2v) is 7.77. The Morgan fingerprint density at radius 1 is 1.13 bits per heavy atom. The minimum atomic E-state index is -0.194. The lowest BCUT2D eigenvalue weighted by Gasteiger charge is -2.30. The van der Waals surface area contributed by atoms with Gasteiger partial charge in [0.2, 0.25) is 0 Å². The molecule has 1 aromatic carbocycles. The molecule has 1 aromatic heterocycles. The number of aromatic nitrogens is 2. The van der Waals surface area contributed by atoms with Gasteiger partial charge in [0.05, 0.1) is 12.3 Å². The van der Waals surface area contributed by atoms with E-state index in [4.69, 9.17) is 4.74 Å². The molecular formula is C22H32N6O2. The highest BCUT2D eigenvalue weighted by atomic mass is 16.5. The van der Waals surface area contributed by atoms with Crippen LogP contribution in [-0.4, -0.2) is 48.8 Å². The molecular weight excluding hydrogens is 380 g/mol. The predicted molar refractivity (Wildman–Crippen MR) is 121 cm³/mol. The Morgan fingerprint density at radius 3 is 2.53 bits per heavy atom. The number of rotatable bonds is 7. The van der Waals surface area contributed by atoms with Crippen LogP contribution in [-0.2, 0) is 0 Å². The maximum atomic E-state index is 12.4. The van der Waals surface area contributed by atoms with Crippen molar-refractivity contribution >= 4 is 23.4 Å². The van der Waals surface area contributed by atoms with Crippen LogP contribution in [0.5, 0.6) is 5.75 Å². The molecule has 2 amide bonds. The Morgan fingerprint density at radius 2 is 1.83 bits per heavy atom. The Kier molecular flexibility index (Phi) is 7.32. The molecule has 1 fully saturated rings. The van der Waals surface area contributed by atoms with Crippen molar-refractivity contribution in [1.29, 1.82) is 0 Å². The largest absolute Gasteiger partial charge is 0.492 e. The molecule has 1 saturated carbocycles. The molecule has 2 aromatic rings. The summed E-state index contributed by atoms with van der Waals surface area (Å²) < 4.78 is 5.57. The van der Waals surface area contributed by atoms with E-state index in [2.05, 4.69) is 25.9 Å². The lowest BCUT2D eigenvalue weighted by atomic mass is 9.91. The Hall–Kier alpha value is -3.03. The molecule has 3 rings (SSSR count). The number of carbonyl (C=O) groups is 1. The fourth-order valence-electron chi connectivity index (χ4n) is 3.64. The van der Waals surface area contributed by atoms with E-state index >= 15 is 0 Å². The van der Waals surface area contributed by atoms with Gasteiger partial charge in [-0.15, -0.1) is 0 Å². The first kappa shape index (κ1) is 21.7. The monoisotopic (exact) mass is 412 g/mol. The first-order valence-electron chi connectivity index (χ1n) is 10.5. The molecule has 1 aliphatic rings. The molecule has 30 heavy (non-hydrogen) atoms. The van der Waals surface area contributed by atoms with Gasteiger partial charge in [0.25, 0.3) is 0 Å². The average Bonchev–Trinajstić information content (AvgIpc) is 2.70. The van der Waals surface area contributed by atoms with E-state index in [1.54, 1.807) is 0 Å². The van der Waals surface area contributed by atoms with Gasteiger partial charge in [-0.05, 0) is 51.7 Å². The topological polar surface area (TPSA) is 91.4 Å². The smallest absolute Gasteiger partial charge is 0.319 e. The van der Waals surface area contributed by atoms with Crippen LogP contribution in [0.25, 0.3) is 0 Å². The van der Waals surface area contributed by atoms with Crippen molar-refractivity contribution in [3.05, 3.63) is 36.2 Å². The number of urea groups is 1. The molecule has 0 aliphatic heterocycles. The summed E-state index contributed by atoms with van der Waals surface area (Å²) in [5, 5.41) is 9.52. The fraction of sp³-hybridized carbons (Fsp3) is 0.500. The number of amides is 2. The molecule has 0 spiro atoms. The molecule has 0 bridgehead atoms. The predicted octanol–water partition coefficient (Wildman–Crippen LogP) is 3.79. The van der Waals surface area contributed by atoms with Crippen LogP contribution >= 0.6 is 0 Å². The lowest BCUT2D eigenvalue weighted by molar-refractivity contribution is 0.243. The van der Waals surface area contributed by atoms with Crippen LogP contribution in [0.3, 0.4) is 0 Å². The van der Waals surface area contributed by atoms with Gasteiger partial charge in [-0.2, -0.15) is 0 Å². The SMILES string of the molecule is CCOc1ccccc1NC(=O)NC1CCC(Nc2cc(N(C)C)nc(C)n2)CC1. The maximum absolute atomic E-state index is 12.4. The Bertz CT molecular complexity index is 849. The van der Waals surface area contributed by atoms with Crippen molar-refractivity contribution < 1.29 is 9.53 Å². The average molecular weight is 413 g/mol. The molecule has 1 heterocycles. The number of aryl methyl sites for hydroxylation is 1. The standard InChI is InChI=1S/C22H32N6O2/c1-5-30-19-9-7-6-8-18(19)27-22(29)26-17-12-10-16(11-13-17)25-20-14-21(28(3)4)24-15(2)23-20/h6-9,14,16-17H,5,10-13H2,1-4H3,(H,23,24,25)(H2,26,27,29). The van der Waals surface area contributed by atoms with Gasteiger partial charge in [0.15, 0.2) is 0 Å². The number of benzene rings is 1. The molecule has 0 unspecified atom stereocenters. The summed E-state index contributed by atoms with van der Waals surface area (Å²) >= 11 is 0. The van der Waals surface area contributed by atoms with E-state index in [1.807, 2.05) is 63.2 Å². The maximum Gasteiger partial charge on any atom is 0.319 e. The number of nitrogens with zero attached hydrogens (tertiary/aromatic N) is 3. The Labute approximate surface area is 178 Å². The van der Waals surface area contributed by atoms with Crippen molar-refractivity contribution in [2.45, 2.75) is 51.6 Å². The number of para-hydroxylation sites is 2. The van der Waals surface area contributed by atoms with Gasteiger partial charge in [-0.1, -0.05) is 12.1 Å². The number of anilines is 3. The zero-order valence-electron chi connectivity index (χ0n) is 18.2. The highest BCUT2D eigenvalue weighted by Gasteiger charge is 2.23. The van der Waals surface area contributed by atoms with E-state index in [0.717, 1.165) is 43.1 Å². The number of hydrogen-bond acceptors (Lipinski definition) is 6. The van der Waals surface area contributed by atoms with Crippen molar-refractivity contribution in [2.24, 2.45) is 0 Å². The van der Waals surface area contributed by atoms with Gasteiger partial charge in [-0.3, -0.25) is 0 Å². The van der Waals surface area contributed by atoms with Gasteiger partial charge in [0, 0.05) is 32.2 Å². The Balaban J connectivity index is 1.48. The van der Waals surface area contributed by atoms with Crippen LogP contribution < -0.4 is 25.6 Å². The van der Waals surface area contributed by atoms with E-state index in [1.165, 1.54) is 0 Å². The van der Waals surface area contributed by atoms with Crippen LogP contribution in [0.15, 0.2) is 30.3 Å². The fourth-order valence-corrected chi connectivity index (χ4v) is 3.64. The number of carbonyl (C=O) groups excluding carboxylic acids is 1. The first-order valence-corrected chi connectivity index (χ1v) is 10.5. The molecule has 1 aliphatic carbocycles. The zero-order chi connectivity index (χ0) is 21.5. The minimum absolute atomic E-state index is 0.159. The summed E-state index contributed by atoms with van der Waals surface area (Å²) in [6, 6.07) is 9.75. The molecule has 8 heteroatoms. The highest BCUT2D eigenvalue weighted by Crippen LogP contribution is 2.25. The van der Waals surface area contributed by atoms with Gasteiger partial charge in [-0.25, -0.2) is 14.8 Å². The van der Waals surface area contributed by atoms with Crippen molar-refractivity contribution in [3.63, 3.8) is 0 Å². The van der Waals surface area contributed by atoms with Crippen LogP contribution in [0.1, 0.15) is 38.4 Å². The summed E-state index contributed by atoms with van der Waals surface area (Å²) in [4.78, 5) is 23.4. The summed E-state index contributed by atoms with van der Waals surface area (Å²) in [7, 11) is 3.94. The molecule has 0 atom stereocenters. The van der Waals surface area contributed by atoms with E-state index in [0.29, 0.717) is 24.1 Å². The summed E-state index contributed by atoms with van der Waals surface area (Å²) in [5.41, 5.74) is 0.683. The molecule has 0 radical (unpaired) electrons. The number of ether oxygens (including phenoxy) is 1. The number of hydrogen-bond donors (Lipinski definition) is 3. The third-order valence-electron chi connectivity index (χ3n) is 5.13. The quantitative estimate of drug-likeness (QED) is 0.641. The van der Waals surface area contributed by atoms with Gasteiger partial charge < -0.3 is 25.6 Å². The van der Waals surface area contributed by atoms with Gasteiger partial charge in [0.1, 0.15) is 23.2 Å². The lowest BCUT2D eigenvalue weighted by Crippen LogP contribution is -2.42. The third-order valence-corrected chi connectivity index (χ3v) is 5.13. The van der Waals surface area contributed by atoms with Gasteiger partial charge >= 0.3 is 6.03 Å². The second kappa shape index (κ2) is 10.1. The van der Waals surface area contributed by atoms with Crippen molar-refractivity contribution in [1.82, 2.24) is 15.3 Å².